The van der Waals surface area contributed by atoms with E-state index < -0.39 is 0 Å². The molecule has 0 radical (unpaired) electrons. The molecule has 3 rings (SSSR count). The van der Waals surface area contributed by atoms with Crippen LogP contribution in [0.4, 0.5) is 0 Å². The molecule has 0 aromatic carbocycles. The van der Waals surface area contributed by atoms with E-state index in [0.717, 1.165) is 51.9 Å². The fourth-order valence-electron chi connectivity index (χ4n) is 2.93. The minimum Gasteiger partial charge on any atom is -0.378 e. The zero-order valence-corrected chi connectivity index (χ0v) is 11.5. The maximum absolute atomic E-state index is 5.95. The van der Waals surface area contributed by atoms with Crippen LogP contribution in [0.3, 0.4) is 0 Å². The molecular weight excluding hydrogens is 244 g/mol. The molecule has 1 saturated heterocycles. The van der Waals surface area contributed by atoms with E-state index >= 15 is 0 Å². The molecule has 0 bridgehead atoms. The van der Waals surface area contributed by atoms with E-state index in [1.54, 1.807) is 0 Å². The average Bonchev–Trinajstić information content (AvgIpc) is 3.02. The number of rotatable bonds is 4. The van der Waals surface area contributed by atoms with Gasteiger partial charge in [0.25, 0.3) is 0 Å². The van der Waals surface area contributed by atoms with Crippen LogP contribution in [-0.4, -0.2) is 41.5 Å². The Morgan fingerprint density at radius 2 is 2.11 bits per heavy atom. The first-order valence-corrected chi connectivity index (χ1v) is 7.13. The molecule has 1 aliphatic heterocycles. The van der Waals surface area contributed by atoms with Gasteiger partial charge >= 0.3 is 0 Å². The Labute approximate surface area is 113 Å². The van der Waals surface area contributed by atoms with Gasteiger partial charge in [0.1, 0.15) is 0 Å². The van der Waals surface area contributed by atoms with Crippen molar-refractivity contribution in [2.45, 2.75) is 44.0 Å². The van der Waals surface area contributed by atoms with Gasteiger partial charge < -0.3 is 14.2 Å². The van der Waals surface area contributed by atoms with Gasteiger partial charge in [-0.2, -0.15) is 5.10 Å². The SMILES string of the molecule is Cn1cc(CCOC2CCC3(CC2)OCCO3)cn1. The second kappa shape index (κ2) is 5.61. The van der Waals surface area contributed by atoms with Gasteiger partial charge in [-0.25, -0.2) is 0 Å². The number of hydrogen-bond donors (Lipinski definition) is 0. The molecule has 106 valence electrons. The van der Waals surface area contributed by atoms with Crippen molar-refractivity contribution >= 4 is 0 Å². The molecule has 1 aromatic heterocycles. The highest BCUT2D eigenvalue weighted by molar-refractivity contribution is 5.03. The highest BCUT2D eigenvalue weighted by Gasteiger charge is 2.40. The molecule has 0 atom stereocenters. The second-order valence-corrected chi connectivity index (χ2v) is 5.45. The summed E-state index contributed by atoms with van der Waals surface area (Å²) in [5.74, 6) is -0.275. The molecule has 5 nitrogen and oxygen atoms in total. The predicted octanol–water partition coefficient (Wildman–Crippen LogP) is 1.66. The van der Waals surface area contributed by atoms with Crippen molar-refractivity contribution in [1.29, 1.82) is 0 Å². The molecule has 5 heteroatoms. The first kappa shape index (κ1) is 13.1. The van der Waals surface area contributed by atoms with Gasteiger partial charge in [-0.1, -0.05) is 0 Å². The summed E-state index contributed by atoms with van der Waals surface area (Å²) in [6.07, 6.45) is 9.23. The maximum atomic E-state index is 5.95. The Hall–Kier alpha value is -0.910. The van der Waals surface area contributed by atoms with Gasteiger partial charge in [-0.3, -0.25) is 4.68 Å². The summed E-state index contributed by atoms with van der Waals surface area (Å²) >= 11 is 0. The van der Waals surface area contributed by atoms with Crippen molar-refractivity contribution in [3.63, 3.8) is 0 Å². The van der Waals surface area contributed by atoms with E-state index in [2.05, 4.69) is 5.10 Å². The Morgan fingerprint density at radius 1 is 1.37 bits per heavy atom. The van der Waals surface area contributed by atoms with Gasteiger partial charge in [0.15, 0.2) is 5.79 Å². The topological polar surface area (TPSA) is 45.5 Å². The van der Waals surface area contributed by atoms with Crippen LogP contribution in [0.2, 0.25) is 0 Å². The number of nitrogens with zero attached hydrogens (tertiary/aromatic N) is 2. The highest BCUT2D eigenvalue weighted by Crippen LogP contribution is 2.36. The van der Waals surface area contributed by atoms with Gasteiger partial charge in [0.2, 0.25) is 0 Å². The van der Waals surface area contributed by atoms with Crippen LogP contribution in [0.15, 0.2) is 12.4 Å². The molecule has 1 spiro atoms. The maximum Gasteiger partial charge on any atom is 0.168 e. The summed E-state index contributed by atoms with van der Waals surface area (Å²) in [6, 6.07) is 0. The summed E-state index contributed by atoms with van der Waals surface area (Å²) in [6.45, 7) is 2.25. The van der Waals surface area contributed by atoms with Gasteiger partial charge in [0.05, 0.1) is 32.1 Å². The Balaban J connectivity index is 1.38. The highest BCUT2D eigenvalue weighted by atomic mass is 16.7. The monoisotopic (exact) mass is 266 g/mol. The van der Waals surface area contributed by atoms with E-state index in [9.17, 15) is 0 Å². The van der Waals surface area contributed by atoms with Crippen LogP contribution >= 0.6 is 0 Å². The normalized spacial score (nSPS) is 23.2. The zero-order chi connectivity index (χ0) is 13.1. The van der Waals surface area contributed by atoms with Crippen LogP contribution in [0.25, 0.3) is 0 Å². The molecule has 0 unspecified atom stereocenters. The van der Waals surface area contributed by atoms with Crippen LogP contribution in [0.5, 0.6) is 0 Å². The molecule has 1 saturated carbocycles. The quantitative estimate of drug-likeness (QED) is 0.831. The summed E-state index contributed by atoms with van der Waals surface area (Å²) in [4.78, 5) is 0. The molecule has 2 aliphatic rings. The van der Waals surface area contributed by atoms with E-state index in [1.165, 1.54) is 5.56 Å². The minimum absolute atomic E-state index is 0.275. The third kappa shape index (κ3) is 3.16. The van der Waals surface area contributed by atoms with Crippen LogP contribution in [0, 0.1) is 0 Å². The Morgan fingerprint density at radius 3 is 2.74 bits per heavy atom. The molecule has 2 fully saturated rings. The van der Waals surface area contributed by atoms with Crippen molar-refractivity contribution in [1.82, 2.24) is 9.78 Å². The van der Waals surface area contributed by atoms with E-state index in [0.29, 0.717) is 6.10 Å². The lowest BCUT2D eigenvalue weighted by Crippen LogP contribution is -2.37. The zero-order valence-electron chi connectivity index (χ0n) is 11.5. The van der Waals surface area contributed by atoms with Crippen LogP contribution in [-0.2, 0) is 27.7 Å². The smallest absolute Gasteiger partial charge is 0.168 e. The molecule has 19 heavy (non-hydrogen) atoms. The number of ether oxygens (including phenoxy) is 3. The van der Waals surface area contributed by atoms with Crippen molar-refractivity contribution in [2.75, 3.05) is 19.8 Å². The fraction of sp³-hybridized carbons (Fsp3) is 0.786. The fourth-order valence-corrected chi connectivity index (χ4v) is 2.93. The molecule has 1 aliphatic carbocycles. The van der Waals surface area contributed by atoms with Crippen LogP contribution in [0.1, 0.15) is 31.2 Å². The Bertz CT molecular complexity index is 403. The summed E-state index contributed by atoms with van der Waals surface area (Å²) < 4.78 is 19.2. The van der Waals surface area contributed by atoms with Crippen molar-refractivity contribution in [3.8, 4) is 0 Å². The lowest BCUT2D eigenvalue weighted by atomic mass is 9.92. The number of hydrogen-bond acceptors (Lipinski definition) is 4. The van der Waals surface area contributed by atoms with E-state index in [-0.39, 0.29) is 5.79 Å². The molecule has 0 amide bonds. The number of aryl methyl sites for hydroxylation is 1. The number of aromatic nitrogens is 2. The molecule has 1 aromatic rings. The summed E-state index contributed by atoms with van der Waals surface area (Å²) in [7, 11) is 1.94. The Kier molecular flexibility index (Phi) is 3.86. The molecule has 2 heterocycles. The van der Waals surface area contributed by atoms with Gasteiger partial charge in [-0.15, -0.1) is 0 Å². The standard InChI is InChI=1S/C14H22N2O3/c1-16-11-12(10-15-16)4-7-17-13-2-5-14(6-3-13)18-8-9-19-14/h10-11,13H,2-9H2,1H3. The summed E-state index contributed by atoms with van der Waals surface area (Å²) in [5.41, 5.74) is 1.23. The minimum atomic E-state index is -0.275. The van der Waals surface area contributed by atoms with Gasteiger partial charge in [-0.05, 0) is 24.8 Å². The second-order valence-electron chi connectivity index (χ2n) is 5.45. The average molecular weight is 266 g/mol. The van der Waals surface area contributed by atoms with Gasteiger partial charge in [0, 0.05) is 26.1 Å². The predicted molar refractivity (Wildman–Crippen MR) is 69.8 cm³/mol. The third-order valence-corrected chi connectivity index (χ3v) is 4.01. The summed E-state index contributed by atoms with van der Waals surface area (Å²) in [5, 5.41) is 4.16. The lowest BCUT2D eigenvalue weighted by Gasteiger charge is -2.35. The van der Waals surface area contributed by atoms with E-state index in [4.69, 9.17) is 14.2 Å². The molecule has 0 N–H and O–H groups in total. The van der Waals surface area contributed by atoms with Crippen molar-refractivity contribution in [2.24, 2.45) is 7.05 Å². The first-order valence-electron chi connectivity index (χ1n) is 7.13. The molecular formula is C14H22N2O3. The van der Waals surface area contributed by atoms with Crippen LogP contribution < -0.4 is 0 Å². The first-order chi connectivity index (χ1) is 9.26. The lowest BCUT2D eigenvalue weighted by molar-refractivity contribution is -0.191. The van der Waals surface area contributed by atoms with E-state index in [1.807, 2.05) is 24.1 Å². The largest absolute Gasteiger partial charge is 0.378 e. The van der Waals surface area contributed by atoms with Crippen molar-refractivity contribution < 1.29 is 14.2 Å². The third-order valence-electron chi connectivity index (χ3n) is 4.01. The van der Waals surface area contributed by atoms with Crippen molar-refractivity contribution in [3.05, 3.63) is 18.0 Å².